The maximum absolute atomic E-state index is 6.06. The van der Waals surface area contributed by atoms with Crippen LogP contribution in [0, 0.1) is 0 Å². The van der Waals surface area contributed by atoms with Gasteiger partial charge in [0, 0.05) is 10.6 Å². The van der Waals surface area contributed by atoms with Gasteiger partial charge in [-0.3, -0.25) is 0 Å². The van der Waals surface area contributed by atoms with Gasteiger partial charge in [0.25, 0.3) is 0 Å². The molecule has 106 valence electrons. The number of nitrogen functional groups attached to an aromatic ring is 1. The van der Waals surface area contributed by atoms with Gasteiger partial charge in [-0.2, -0.15) is 0 Å². The van der Waals surface area contributed by atoms with E-state index in [9.17, 15) is 0 Å². The molecule has 0 amide bonds. The lowest BCUT2D eigenvalue weighted by atomic mass is 10.0. The van der Waals surface area contributed by atoms with Crippen molar-refractivity contribution in [2.45, 2.75) is 0 Å². The Balaban J connectivity index is 2.19. The minimum absolute atomic E-state index is 0.281. The number of anilines is 1. The maximum Gasteiger partial charge on any atom is 0.176 e. The van der Waals surface area contributed by atoms with Gasteiger partial charge >= 0.3 is 0 Å². The molecule has 0 saturated heterocycles. The van der Waals surface area contributed by atoms with Crippen LogP contribution >= 0.6 is 34.8 Å². The zero-order chi connectivity index (χ0) is 15.0. The highest BCUT2D eigenvalue weighted by Crippen LogP contribution is 2.39. The van der Waals surface area contributed by atoms with E-state index < -0.39 is 0 Å². The van der Waals surface area contributed by atoms with Crippen molar-refractivity contribution in [3.8, 4) is 22.5 Å². The van der Waals surface area contributed by atoms with E-state index in [0.29, 0.717) is 26.4 Å². The second-order valence-electron chi connectivity index (χ2n) is 4.41. The van der Waals surface area contributed by atoms with Gasteiger partial charge in [0.05, 0.1) is 15.6 Å². The summed E-state index contributed by atoms with van der Waals surface area (Å²) in [5, 5.41) is 5.34. The predicted octanol–water partition coefficient (Wildman–Crippen LogP) is 5.55. The zero-order valence-corrected chi connectivity index (χ0v) is 12.9. The van der Waals surface area contributed by atoms with Crippen molar-refractivity contribution in [2.24, 2.45) is 0 Å². The average Bonchev–Trinajstić information content (AvgIpc) is 2.84. The molecule has 0 fully saturated rings. The van der Waals surface area contributed by atoms with Crippen molar-refractivity contribution in [1.82, 2.24) is 5.16 Å². The Morgan fingerprint density at radius 1 is 0.905 bits per heavy atom. The molecule has 0 aliphatic heterocycles. The van der Waals surface area contributed by atoms with Crippen LogP contribution in [0.15, 0.2) is 47.0 Å². The topological polar surface area (TPSA) is 52.0 Å². The molecule has 0 atom stereocenters. The van der Waals surface area contributed by atoms with Gasteiger partial charge in [-0.15, -0.1) is 0 Å². The molecule has 0 spiro atoms. The van der Waals surface area contributed by atoms with Crippen LogP contribution in [-0.4, -0.2) is 5.16 Å². The molecular formula is C15H9Cl3N2O. The number of aromatic nitrogens is 1. The fraction of sp³-hybridized carbons (Fsp3) is 0. The van der Waals surface area contributed by atoms with Crippen LogP contribution < -0.4 is 5.73 Å². The maximum atomic E-state index is 6.06. The summed E-state index contributed by atoms with van der Waals surface area (Å²) in [7, 11) is 0. The molecule has 3 nitrogen and oxygen atoms in total. The number of hydrogen-bond donors (Lipinski definition) is 1. The third-order valence-electron chi connectivity index (χ3n) is 3.01. The number of halogens is 3. The summed E-state index contributed by atoms with van der Waals surface area (Å²) < 4.78 is 5.35. The summed E-state index contributed by atoms with van der Waals surface area (Å²) in [6.07, 6.45) is 0. The fourth-order valence-electron chi connectivity index (χ4n) is 2.06. The molecule has 0 aliphatic rings. The van der Waals surface area contributed by atoms with Gasteiger partial charge in [-0.05, 0) is 29.8 Å². The predicted molar refractivity (Wildman–Crippen MR) is 86.8 cm³/mol. The largest absolute Gasteiger partial charge is 0.380 e. The lowest BCUT2D eigenvalue weighted by Gasteiger charge is -2.05. The van der Waals surface area contributed by atoms with Gasteiger partial charge in [0.2, 0.25) is 0 Å². The Bertz CT molecular complexity index is 814. The molecule has 2 N–H and O–H groups in total. The van der Waals surface area contributed by atoms with Gasteiger partial charge in [0.1, 0.15) is 0 Å². The highest BCUT2D eigenvalue weighted by Gasteiger charge is 2.18. The van der Waals surface area contributed by atoms with Crippen molar-refractivity contribution < 1.29 is 4.52 Å². The van der Waals surface area contributed by atoms with Gasteiger partial charge in [-0.25, -0.2) is 0 Å². The molecular weight excluding hydrogens is 331 g/mol. The van der Waals surface area contributed by atoms with Crippen molar-refractivity contribution in [1.29, 1.82) is 0 Å². The summed E-state index contributed by atoms with van der Waals surface area (Å²) in [4.78, 5) is 0. The highest BCUT2D eigenvalue weighted by atomic mass is 35.5. The summed E-state index contributed by atoms with van der Waals surface area (Å²) in [6, 6.07) is 12.5. The van der Waals surface area contributed by atoms with E-state index in [-0.39, 0.29) is 5.82 Å². The zero-order valence-electron chi connectivity index (χ0n) is 10.6. The minimum atomic E-state index is 0.281. The SMILES string of the molecule is Nc1noc(-c2cccc(Cl)c2)c1-c1ccc(Cl)c(Cl)c1. The molecule has 1 heterocycles. The number of rotatable bonds is 2. The van der Waals surface area contributed by atoms with E-state index in [1.807, 2.05) is 18.2 Å². The van der Waals surface area contributed by atoms with Crippen LogP contribution in [0.4, 0.5) is 5.82 Å². The van der Waals surface area contributed by atoms with E-state index in [4.69, 9.17) is 45.1 Å². The molecule has 1 aromatic heterocycles. The Morgan fingerprint density at radius 3 is 2.43 bits per heavy atom. The Morgan fingerprint density at radius 2 is 1.71 bits per heavy atom. The molecule has 0 unspecified atom stereocenters. The lowest BCUT2D eigenvalue weighted by molar-refractivity contribution is 0.436. The third kappa shape index (κ3) is 2.72. The highest BCUT2D eigenvalue weighted by molar-refractivity contribution is 6.42. The molecule has 3 rings (SSSR count). The first-order chi connectivity index (χ1) is 10.1. The second-order valence-corrected chi connectivity index (χ2v) is 5.66. The molecule has 21 heavy (non-hydrogen) atoms. The molecule has 3 aromatic rings. The fourth-order valence-corrected chi connectivity index (χ4v) is 2.55. The van der Waals surface area contributed by atoms with Crippen molar-refractivity contribution >= 4 is 40.6 Å². The van der Waals surface area contributed by atoms with Crippen molar-refractivity contribution in [3.63, 3.8) is 0 Å². The monoisotopic (exact) mass is 338 g/mol. The standard InChI is InChI=1S/C15H9Cl3N2O/c16-10-3-1-2-9(6-10)14-13(15(19)20-21-14)8-4-5-11(17)12(18)7-8/h1-7H,(H2,19,20). The Labute approximate surface area is 136 Å². The second kappa shape index (κ2) is 5.60. The molecule has 6 heteroatoms. The smallest absolute Gasteiger partial charge is 0.176 e. The first-order valence-electron chi connectivity index (χ1n) is 6.03. The average molecular weight is 340 g/mol. The van der Waals surface area contributed by atoms with Gasteiger partial charge in [-0.1, -0.05) is 58.2 Å². The number of nitrogens with zero attached hydrogens (tertiary/aromatic N) is 1. The first-order valence-corrected chi connectivity index (χ1v) is 7.16. The molecule has 2 aromatic carbocycles. The van der Waals surface area contributed by atoms with Gasteiger partial charge in [0.15, 0.2) is 11.6 Å². The van der Waals surface area contributed by atoms with Crippen LogP contribution in [0.2, 0.25) is 15.1 Å². The van der Waals surface area contributed by atoms with Crippen molar-refractivity contribution in [2.75, 3.05) is 5.73 Å². The first kappa shape index (κ1) is 14.3. The van der Waals surface area contributed by atoms with Crippen LogP contribution in [-0.2, 0) is 0 Å². The molecule has 0 radical (unpaired) electrons. The number of hydrogen-bond acceptors (Lipinski definition) is 3. The third-order valence-corrected chi connectivity index (χ3v) is 3.99. The summed E-state index contributed by atoms with van der Waals surface area (Å²) in [5.41, 5.74) is 8.15. The molecule has 0 saturated carbocycles. The summed E-state index contributed by atoms with van der Waals surface area (Å²) in [5.74, 6) is 0.816. The van der Waals surface area contributed by atoms with E-state index >= 15 is 0 Å². The summed E-state index contributed by atoms with van der Waals surface area (Å²) >= 11 is 18.0. The molecule has 0 bridgehead atoms. The van der Waals surface area contributed by atoms with E-state index in [1.54, 1.807) is 24.3 Å². The van der Waals surface area contributed by atoms with Crippen LogP contribution in [0.5, 0.6) is 0 Å². The van der Waals surface area contributed by atoms with Crippen LogP contribution in [0.3, 0.4) is 0 Å². The van der Waals surface area contributed by atoms with Gasteiger partial charge < -0.3 is 10.3 Å². The number of nitrogens with two attached hydrogens (primary N) is 1. The van der Waals surface area contributed by atoms with Crippen LogP contribution in [0.1, 0.15) is 0 Å². The van der Waals surface area contributed by atoms with Crippen LogP contribution in [0.25, 0.3) is 22.5 Å². The summed E-state index contributed by atoms with van der Waals surface area (Å²) in [6.45, 7) is 0. The number of benzene rings is 2. The van der Waals surface area contributed by atoms with Crippen molar-refractivity contribution in [3.05, 3.63) is 57.5 Å². The Kier molecular flexibility index (Phi) is 3.81. The minimum Gasteiger partial charge on any atom is -0.380 e. The van der Waals surface area contributed by atoms with E-state index in [0.717, 1.165) is 11.1 Å². The Hall–Kier alpha value is -1.68. The van der Waals surface area contributed by atoms with E-state index in [2.05, 4.69) is 5.16 Å². The van der Waals surface area contributed by atoms with E-state index in [1.165, 1.54) is 0 Å². The molecule has 0 aliphatic carbocycles. The quantitative estimate of drug-likeness (QED) is 0.666. The lowest BCUT2D eigenvalue weighted by Crippen LogP contribution is -1.89. The normalized spacial score (nSPS) is 10.8.